The van der Waals surface area contributed by atoms with Crippen LogP contribution in [0, 0.1) is 23.2 Å². The lowest BCUT2D eigenvalue weighted by molar-refractivity contribution is -0.155. The molecule has 418 valence electrons. The average molecular weight is 1140 g/mol. The zero-order chi connectivity index (χ0) is 52.0. The number of benzene rings is 1. The molecule has 76 heavy (non-hydrogen) atoms. The molecule has 0 aliphatic carbocycles. The fourth-order valence-corrected chi connectivity index (χ4v) is 11.3. The number of rotatable bonds is 9. The number of ether oxygens (including phenoxy) is 2. The van der Waals surface area contributed by atoms with Gasteiger partial charge in [0, 0.05) is 92.3 Å². The standard InChI is InChI=1S/C54H72N10O7S.4H2S/c1-13-62-42-19-18-35-26-37(42)38(47(62)36-16-14-23-55-45(36)34(4)70-12)28-52(5,6)32-71-50(68)39-17-15-24-64(58-39)49(67)40(27-43-56-41(35)29-72-43)57-48(66)46(33(2)3)60(11)51(69)63-25-22-54(63)30-61(31-54)44(65)20-21-53(7,8)59(9)10;;;;/h14,16,18-19,23,26,29,33-34,39-40,46,58H,13,15,17,22,24-25,27-28,30-32H2,1-12H3,(H,57,66);4*1H2/t34-,39-,40-,46-;;;;/m0..../s1. The molecule has 2 N–H and O–H groups in total. The van der Waals surface area contributed by atoms with Crippen molar-refractivity contribution in [2.45, 2.75) is 129 Å². The second-order valence-corrected chi connectivity index (χ2v) is 22.8. The van der Waals surface area contributed by atoms with E-state index in [0.29, 0.717) is 57.0 Å². The van der Waals surface area contributed by atoms with Crippen LogP contribution in [0.3, 0.4) is 0 Å². The number of hydrazine groups is 1. The summed E-state index contributed by atoms with van der Waals surface area (Å²) in [5.74, 6) is 3.86. The first-order chi connectivity index (χ1) is 34.1. The maximum Gasteiger partial charge on any atom is 0.324 e. The Bertz CT molecular complexity index is 2820. The number of likely N-dealkylation sites (N-methyl/N-ethyl adjacent to an activating group) is 1. The molecule has 3 aromatic heterocycles. The Morgan fingerprint density at radius 3 is 2.39 bits per heavy atom. The zero-order valence-corrected chi connectivity index (χ0v) is 50.9. The van der Waals surface area contributed by atoms with E-state index in [0.717, 1.165) is 51.1 Å². The third kappa shape index (κ3) is 12.8. The van der Waals surface area contributed by atoms with Gasteiger partial charge in [-0.05, 0) is 109 Å². The van der Waals surface area contributed by atoms with Crippen LogP contribution in [0.15, 0.2) is 41.9 Å². The van der Waals surface area contributed by atoms with Gasteiger partial charge in [0.1, 0.15) is 18.1 Å². The number of amides is 5. The lowest BCUT2D eigenvalue weighted by atomic mass is 9.77. The third-order valence-corrected chi connectivity index (χ3v) is 16.1. The molecule has 0 unspecified atom stereocenters. The SMILES string of the molecule is CCn1c(-c2cccnc2[C@H](C)OC)c2c3cc(ccc31)-c1csc(n1)C[C@H](NC(=O)[C@H](C(C)C)N(C)C(=O)N1CCC13CN(C(=O)C#CC(C)(C)N(C)C)C3)C(=O)N1CCC[C@H](N1)C(=O)OCC(C)(C)C2.S.S.S.S. The Morgan fingerprint density at radius 2 is 1.76 bits per heavy atom. The maximum atomic E-state index is 14.8. The number of nitrogens with zero attached hydrogens (tertiary/aromatic N) is 8. The summed E-state index contributed by atoms with van der Waals surface area (Å²) >= 11 is 1.41. The van der Waals surface area contributed by atoms with Crippen LogP contribution in [0.2, 0.25) is 0 Å². The highest BCUT2D eigenvalue weighted by Gasteiger charge is 2.57. The number of urea groups is 1. The molecule has 1 aromatic carbocycles. The number of aryl methyl sites for hydroxylation is 1. The van der Waals surface area contributed by atoms with Gasteiger partial charge in [-0.3, -0.25) is 34.1 Å². The van der Waals surface area contributed by atoms with Gasteiger partial charge >= 0.3 is 12.0 Å². The van der Waals surface area contributed by atoms with Crippen LogP contribution in [0.5, 0.6) is 0 Å². The van der Waals surface area contributed by atoms with Gasteiger partial charge in [0.25, 0.3) is 11.8 Å². The summed E-state index contributed by atoms with van der Waals surface area (Å²) in [7, 11) is 7.13. The number of aromatic nitrogens is 3. The summed E-state index contributed by atoms with van der Waals surface area (Å²) < 4.78 is 14.3. The first-order valence-corrected chi connectivity index (χ1v) is 26.1. The van der Waals surface area contributed by atoms with Gasteiger partial charge in [-0.2, -0.15) is 54.0 Å². The van der Waals surface area contributed by atoms with E-state index in [4.69, 9.17) is 19.4 Å². The summed E-state index contributed by atoms with van der Waals surface area (Å²) in [4.78, 5) is 87.6. The number of carbonyl (C=O) groups excluding carboxylic acids is 5. The molecule has 7 heterocycles. The molecule has 5 amide bonds. The minimum absolute atomic E-state index is 0. The second-order valence-electron chi connectivity index (χ2n) is 21.8. The summed E-state index contributed by atoms with van der Waals surface area (Å²) in [6.07, 6.45) is 3.90. The molecule has 3 fully saturated rings. The van der Waals surface area contributed by atoms with Gasteiger partial charge < -0.3 is 34.1 Å². The molecule has 1 spiro atoms. The average Bonchev–Trinajstić information content (AvgIpc) is 3.92. The van der Waals surface area contributed by atoms with Crippen molar-refractivity contribution in [1.29, 1.82) is 0 Å². The zero-order valence-electron chi connectivity index (χ0n) is 46.1. The largest absolute Gasteiger partial charge is 0.464 e. The van der Waals surface area contributed by atoms with Gasteiger partial charge in [-0.15, -0.1) is 11.3 Å². The summed E-state index contributed by atoms with van der Waals surface area (Å²) in [6, 6.07) is 7.26. The molecule has 4 aromatic rings. The number of esters is 1. The highest BCUT2D eigenvalue weighted by molar-refractivity contribution is 7.59. The number of methoxy groups -OCH3 is 1. The van der Waals surface area contributed by atoms with E-state index in [-0.39, 0.29) is 91.0 Å². The molecule has 4 aliphatic rings. The van der Waals surface area contributed by atoms with E-state index in [1.165, 1.54) is 21.2 Å². The number of hydrogen-bond donors (Lipinski definition) is 2. The lowest BCUT2D eigenvalue weighted by Crippen LogP contribution is -2.79. The quantitative estimate of drug-likeness (QED) is 0.141. The first-order valence-electron chi connectivity index (χ1n) is 25.2. The van der Waals surface area contributed by atoms with Crippen molar-refractivity contribution in [3.63, 3.8) is 0 Å². The van der Waals surface area contributed by atoms with E-state index >= 15 is 0 Å². The Labute approximate surface area is 480 Å². The second kappa shape index (κ2) is 25.5. The van der Waals surface area contributed by atoms with Crippen LogP contribution >= 0.6 is 65.3 Å². The number of thiazole rings is 1. The number of nitrogens with one attached hydrogen (secondary N) is 2. The third-order valence-electron chi connectivity index (χ3n) is 15.2. The lowest BCUT2D eigenvalue weighted by Gasteiger charge is -2.62. The van der Waals surface area contributed by atoms with Crippen LogP contribution in [-0.2, 0) is 48.0 Å². The van der Waals surface area contributed by atoms with E-state index in [1.54, 1.807) is 30.2 Å². The van der Waals surface area contributed by atoms with Gasteiger partial charge in [-0.1, -0.05) is 39.7 Å². The van der Waals surface area contributed by atoms with Crippen molar-refractivity contribution in [3.05, 3.63) is 58.2 Å². The number of carbonyl (C=O) groups is 5. The van der Waals surface area contributed by atoms with Gasteiger partial charge in [0.15, 0.2) is 0 Å². The summed E-state index contributed by atoms with van der Waals surface area (Å²) in [6.45, 7) is 18.3. The predicted molar refractivity (Wildman–Crippen MR) is 319 cm³/mol. The molecule has 3 saturated heterocycles. The topological polar surface area (TPSA) is 175 Å². The van der Waals surface area contributed by atoms with Crippen LogP contribution in [-0.4, -0.2) is 159 Å². The summed E-state index contributed by atoms with van der Waals surface area (Å²) in [5, 5.41) is 8.14. The molecule has 6 bridgehead atoms. The van der Waals surface area contributed by atoms with Crippen molar-refractivity contribution in [2.24, 2.45) is 11.3 Å². The van der Waals surface area contributed by atoms with Crippen LogP contribution in [0.4, 0.5) is 4.79 Å². The van der Waals surface area contributed by atoms with Crippen LogP contribution < -0.4 is 10.7 Å². The number of pyridine rings is 1. The molecular weight excluding hydrogens is 1060 g/mol. The molecule has 17 nitrogen and oxygen atoms in total. The Balaban J connectivity index is 0.00000312. The maximum absolute atomic E-state index is 14.8. The monoisotopic (exact) mass is 1140 g/mol. The van der Waals surface area contributed by atoms with Crippen molar-refractivity contribution in [1.82, 2.24) is 49.9 Å². The van der Waals surface area contributed by atoms with E-state index < -0.39 is 52.4 Å². The normalized spacial score (nSPS) is 19.7. The van der Waals surface area contributed by atoms with Crippen molar-refractivity contribution < 1.29 is 33.4 Å². The van der Waals surface area contributed by atoms with Crippen molar-refractivity contribution in [2.75, 3.05) is 61.0 Å². The van der Waals surface area contributed by atoms with Crippen LogP contribution in [0.25, 0.3) is 33.4 Å². The molecule has 0 radical (unpaired) electrons. The highest BCUT2D eigenvalue weighted by atomic mass is 32.1. The van der Waals surface area contributed by atoms with Gasteiger partial charge in [-0.25, -0.2) is 15.2 Å². The van der Waals surface area contributed by atoms with E-state index in [2.05, 4.69) is 72.2 Å². The minimum atomic E-state index is -1.10. The minimum Gasteiger partial charge on any atom is -0.464 e. The molecule has 4 atom stereocenters. The first kappa shape index (κ1) is 64.1. The molecule has 4 aliphatic heterocycles. The van der Waals surface area contributed by atoms with E-state index in [9.17, 15) is 24.0 Å². The van der Waals surface area contributed by atoms with Crippen molar-refractivity contribution in [3.8, 4) is 34.4 Å². The molecule has 22 heteroatoms. The van der Waals surface area contributed by atoms with Gasteiger partial charge in [0.05, 0.1) is 45.9 Å². The Hall–Kier alpha value is -4.47. The molecule has 8 rings (SSSR count). The number of hydrogen-bond acceptors (Lipinski definition) is 12. The molecule has 0 saturated carbocycles. The molecular formula is C54H80N10O7S5. The van der Waals surface area contributed by atoms with Gasteiger partial charge in [0.2, 0.25) is 5.91 Å². The Kier molecular flexibility index (Phi) is 21.5. The fraction of sp³-hybridized carbons (Fsp3) is 0.574. The number of likely N-dealkylation sites (tertiary alicyclic amines) is 2. The Morgan fingerprint density at radius 1 is 1.05 bits per heavy atom. The van der Waals surface area contributed by atoms with E-state index in [1.807, 2.05) is 65.1 Å². The smallest absolute Gasteiger partial charge is 0.324 e. The van der Waals surface area contributed by atoms with Crippen LogP contribution in [0.1, 0.15) is 97.0 Å². The highest BCUT2D eigenvalue weighted by Crippen LogP contribution is 2.43. The number of cyclic esters (lactones) is 1. The summed E-state index contributed by atoms with van der Waals surface area (Å²) in [5.41, 5.74) is 8.25. The van der Waals surface area contributed by atoms with Crippen molar-refractivity contribution >= 4 is 106 Å². The number of fused-ring (bicyclic) bond motifs is 6. The fourth-order valence-electron chi connectivity index (χ4n) is 10.4. The predicted octanol–water partition coefficient (Wildman–Crippen LogP) is 6.36.